The van der Waals surface area contributed by atoms with Crippen molar-refractivity contribution in [3.05, 3.63) is 52.8 Å². The number of carbonyl (C=O) groups is 3. The smallest absolute Gasteiger partial charge is 0.408 e. The van der Waals surface area contributed by atoms with E-state index in [0.717, 1.165) is 21.9 Å². The fourth-order valence-corrected chi connectivity index (χ4v) is 3.21. The van der Waals surface area contributed by atoms with Crippen molar-refractivity contribution in [3.63, 3.8) is 0 Å². The summed E-state index contributed by atoms with van der Waals surface area (Å²) in [6.45, 7) is 8.75. The number of hydrogen-bond acceptors (Lipinski definition) is 4. The Morgan fingerprint density at radius 2 is 1.90 bits per heavy atom. The lowest BCUT2D eigenvalue weighted by Gasteiger charge is -2.20. The predicted molar refractivity (Wildman–Crippen MR) is 111 cm³/mol. The molecule has 1 aromatic carbocycles. The summed E-state index contributed by atoms with van der Waals surface area (Å²) >= 11 is 0. The zero-order valence-electron chi connectivity index (χ0n) is 17.3. The number of fused-ring (bicyclic) bond motifs is 1. The van der Waals surface area contributed by atoms with Crippen LogP contribution in [0.1, 0.15) is 43.3 Å². The lowest BCUT2D eigenvalue weighted by Crippen LogP contribution is -2.43. The minimum Gasteiger partial charge on any atom is -0.444 e. The lowest BCUT2D eigenvalue weighted by molar-refractivity contribution is -0.123. The summed E-state index contributed by atoms with van der Waals surface area (Å²) in [5.41, 5.74) is 3.75. The second-order valence-corrected chi connectivity index (χ2v) is 8.01. The second-order valence-electron chi connectivity index (χ2n) is 8.01. The summed E-state index contributed by atoms with van der Waals surface area (Å²) < 4.78 is 5.14. The van der Waals surface area contributed by atoms with Crippen molar-refractivity contribution < 1.29 is 19.1 Å². The SMILES string of the molecule is Cc1cc(C)c(/C=C2\C(=O)N(C(=O)CNC(=O)OC(C)(C)C)c3ccccc32)[nH]1. The molecule has 1 aromatic heterocycles. The first kappa shape index (κ1) is 20.4. The van der Waals surface area contributed by atoms with E-state index in [9.17, 15) is 14.4 Å². The number of rotatable bonds is 3. The fraction of sp³-hybridized carbons (Fsp3) is 0.318. The number of aromatic amines is 1. The molecular formula is C22H25N3O4. The number of amides is 3. The Morgan fingerprint density at radius 3 is 2.52 bits per heavy atom. The van der Waals surface area contributed by atoms with Gasteiger partial charge in [-0.1, -0.05) is 18.2 Å². The van der Waals surface area contributed by atoms with E-state index >= 15 is 0 Å². The van der Waals surface area contributed by atoms with Crippen LogP contribution in [0, 0.1) is 13.8 Å². The van der Waals surface area contributed by atoms with Gasteiger partial charge in [-0.25, -0.2) is 9.69 Å². The van der Waals surface area contributed by atoms with Gasteiger partial charge in [-0.3, -0.25) is 9.59 Å². The van der Waals surface area contributed by atoms with Crippen LogP contribution < -0.4 is 10.2 Å². The van der Waals surface area contributed by atoms with E-state index in [-0.39, 0.29) is 6.54 Å². The molecule has 2 N–H and O–H groups in total. The maximum atomic E-state index is 13.1. The lowest BCUT2D eigenvalue weighted by atomic mass is 10.1. The molecule has 0 aliphatic carbocycles. The minimum absolute atomic E-state index is 0.344. The predicted octanol–water partition coefficient (Wildman–Crippen LogP) is 3.57. The van der Waals surface area contributed by atoms with Gasteiger partial charge in [0.25, 0.3) is 11.8 Å². The number of carbonyl (C=O) groups excluding carboxylic acids is 3. The quantitative estimate of drug-likeness (QED) is 0.777. The van der Waals surface area contributed by atoms with Crippen molar-refractivity contribution in [3.8, 4) is 0 Å². The van der Waals surface area contributed by atoms with Crippen LogP contribution in [0.15, 0.2) is 30.3 Å². The Balaban J connectivity index is 1.85. The molecule has 0 atom stereocenters. The Kier molecular flexibility index (Phi) is 5.33. The standard InChI is InChI=1S/C22H25N3O4/c1-13-10-14(2)24-17(13)11-16-15-8-6-7-9-18(15)25(20(16)27)19(26)12-23-21(28)29-22(3,4)5/h6-11,24H,12H2,1-5H3,(H,23,28)/b16-11-. The molecule has 2 aromatic rings. The highest BCUT2D eigenvalue weighted by Gasteiger charge is 2.36. The van der Waals surface area contributed by atoms with Crippen LogP contribution in [0.5, 0.6) is 0 Å². The summed E-state index contributed by atoms with van der Waals surface area (Å²) in [6.07, 6.45) is 1.05. The van der Waals surface area contributed by atoms with E-state index < -0.39 is 23.5 Å². The van der Waals surface area contributed by atoms with Crippen LogP contribution in [0.2, 0.25) is 0 Å². The summed E-state index contributed by atoms with van der Waals surface area (Å²) in [7, 11) is 0. The number of alkyl carbamates (subject to hydrolysis) is 1. The van der Waals surface area contributed by atoms with Crippen LogP contribution >= 0.6 is 0 Å². The van der Waals surface area contributed by atoms with Gasteiger partial charge in [0.05, 0.1) is 11.3 Å². The molecule has 7 heteroatoms. The number of nitrogens with zero attached hydrogens (tertiary/aromatic N) is 1. The third kappa shape index (κ3) is 4.39. The molecule has 1 aliphatic rings. The Morgan fingerprint density at radius 1 is 1.21 bits per heavy atom. The summed E-state index contributed by atoms with van der Waals surface area (Å²) in [4.78, 5) is 42.0. The molecule has 3 amide bonds. The van der Waals surface area contributed by atoms with Crippen molar-refractivity contribution >= 4 is 35.2 Å². The van der Waals surface area contributed by atoms with Gasteiger partial charge in [-0.2, -0.15) is 0 Å². The first-order chi connectivity index (χ1) is 13.6. The monoisotopic (exact) mass is 395 g/mol. The van der Waals surface area contributed by atoms with Crippen molar-refractivity contribution in [1.29, 1.82) is 0 Å². The van der Waals surface area contributed by atoms with Crippen LogP contribution in [0.4, 0.5) is 10.5 Å². The maximum absolute atomic E-state index is 13.1. The van der Waals surface area contributed by atoms with Gasteiger partial charge < -0.3 is 15.0 Å². The van der Waals surface area contributed by atoms with E-state index in [1.54, 1.807) is 45.0 Å². The molecule has 1 aliphatic heterocycles. The van der Waals surface area contributed by atoms with Gasteiger partial charge in [0.2, 0.25) is 0 Å². The highest BCUT2D eigenvalue weighted by atomic mass is 16.6. The van der Waals surface area contributed by atoms with Crippen molar-refractivity contribution in [2.45, 2.75) is 40.2 Å². The topological polar surface area (TPSA) is 91.5 Å². The van der Waals surface area contributed by atoms with E-state index in [4.69, 9.17) is 4.74 Å². The van der Waals surface area contributed by atoms with Gasteiger partial charge in [0, 0.05) is 17.0 Å². The molecule has 152 valence electrons. The number of para-hydroxylation sites is 1. The van der Waals surface area contributed by atoms with Crippen LogP contribution in [0.3, 0.4) is 0 Å². The average molecular weight is 395 g/mol. The number of aromatic nitrogens is 1. The number of H-pyrrole nitrogens is 1. The van der Waals surface area contributed by atoms with Gasteiger partial charge in [-0.15, -0.1) is 0 Å². The molecule has 0 unspecified atom stereocenters. The van der Waals surface area contributed by atoms with Gasteiger partial charge >= 0.3 is 6.09 Å². The van der Waals surface area contributed by atoms with Gasteiger partial charge in [0.1, 0.15) is 12.1 Å². The Hall–Kier alpha value is -3.35. The van der Waals surface area contributed by atoms with Crippen molar-refractivity contribution in [2.24, 2.45) is 0 Å². The van der Waals surface area contributed by atoms with Crippen molar-refractivity contribution in [1.82, 2.24) is 10.3 Å². The van der Waals surface area contributed by atoms with Crippen LogP contribution in [0.25, 0.3) is 11.6 Å². The maximum Gasteiger partial charge on any atom is 0.408 e. The average Bonchev–Trinajstić information content (AvgIpc) is 3.08. The van der Waals surface area contributed by atoms with E-state index in [2.05, 4.69) is 10.3 Å². The van der Waals surface area contributed by atoms with Gasteiger partial charge in [-0.05, 0) is 58.4 Å². The number of ether oxygens (including phenoxy) is 1. The third-order valence-corrected chi connectivity index (χ3v) is 4.38. The highest BCUT2D eigenvalue weighted by molar-refractivity contribution is 6.42. The molecule has 7 nitrogen and oxygen atoms in total. The fourth-order valence-electron chi connectivity index (χ4n) is 3.21. The number of aryl methyl sites for hydroxylation is 2. The largest absolute Gasteiger partial charge is 0.444 e. The minimum atomic E-state index is -0.709. The highest BCUT2D eigenvalue weighted by Crippen LogP contribution is 2.37. The van der Waals surface area contributed by atoms with Gasteiger partial charge in [0.15, 0.2) is 0 Å². The summed E-state index contributed by atoms with van der Waals surface area (Å²) in [6, 6.07) is 9.09. The Bertz CT molecular complexity index is 1010. The summed E-state index contributed by atoms with van der Waals surface area (Å²) in [5, 5.41) is 2.41. The molecule has 0 saturated heterocycles. The summed E-state index contributed by atoms with van der Waals surface area (Å²) in [5.74, 6) is -0.954. The normalized spacial score (nSPS) is 14.9. The second kappa shape index (κ2) is 7.58. The number of anilines is 1. The zero-order chi connectivity index (χ0) is 21.3. The molecular weight excluding hydrogens is 370 g/mol. The first-order valence-electron chi connectivity index (χ1n) is 9.38. The molecule has 2 heterocycles. The molecule has 0 spiro atoms. The molecule has 0 fully saturated rings. The third-order valence-electron chi connectivity index (χ3n) is 4.38. The van der Waals surface area contributed by atoms with E-state index in [1.807, 2.05) is 26.0 Å². The first-order valence-corrected chi connectivity index (χ1v) is 9.38. The molecule has 0 saturated carbocycles. The number of hydrogen-bond donors (Lipinski definition) is 2. The molecule has 3 rings (SSSR count). The molecule has 0 radical (unpaired) electrons. The molecule has 0 bridgehead atoms. The van der Waals surface area contributed by atoms with Crippen molar-refractivity contribution in [2.75, 3.05) is 11.4 Å². The van der Waals surface area contributed by atoms with Crippen LogP contribution in [-0.2, 0) is 14.3 Å². The number of benzene rings is 1. The van der Waals surface area contributed by atoms with Crippen LogP contribution in [-0.4, -0.2) is 35.0 Å². The van der Waals surface area contributed by atoms with E-state index in [0.29, 0.717) is 16.8 Å². The number of imide groups is 1. The Labute approximate surface area is 169 Å². The number of nitrogens with one attached hydrogen (secondary N) is 2. The zero-order valence-corrected chi connectivity index (χ0v) is 17.3. The molecule has 29 heavy (non-hydrogen) atoms. The van der Waals surface area contributed by atoms with E-state index in [1.165, 1.54) is 0 Å².